The highest BCUT2D eigenvalue weighted by Crippen LogP contribution is 2.33. The molecule has 1 heterocycles. The van der Waals surface area contributed by atoms with Gasteiger partial charge < -0.3 is 5.32 Å². The minimum Gasteiger partial charge on any atom is -0.315 e. The van der Waals surface area contributed by atoms with Crippen LogP contribution in [0.1, 0.15) is 42.3 Å². The normalized spacial score (nSPS) is 11.0. The number of aryl methyl sites for hydroxylation is 3. The maximum atomic E-state index is 3.23. The summed E-state index contributed by atoms with van der Waals surface area (Å²) in [6.45, 7) is 7.72. The largest absolute Gasteiger partial charge is 0.315 e. The van der Waals surface area contributed by atoms with Crippen molar-refractivity contribution in [3.05, 3.63) is 45.1 Å². The molecule has 2 aromatic rings. The molecule has 0 fully saturated rings. The molecule has 0 bridgehead atoms. The fourth-order valence-electron chi connectivity index (χ4n) is 2.75. The molecule has 108 valence electrons. The fourth-order valence-corrected chi connectivity index (χ4v) is 3.64. The van der Waals surface area contributed by atoms with Crippen LogP contribution in [0, 0.1) is 0 Å². The third-order valence-corrected chi connectivity index (χ3v) is 4.76. The van der Waals surface area contributed by atoms with Crippen LogP contribution in [0.25, 0.3) is 11.1 Å². The molecule has 0 amide bonds. The Balaban J connectivity index is 2.52. The van der Waals surface area contributed by atoms with Gasteiger partial charge in [-0.1, -0.05) is 32.9 Å². The third kappa shape index (κ3) is 3.13. The molecule has 1 aromatic heterocycles. The van der Waals surface area contributed by atoms with Gasteiger partial charge in [-0.25, -0.2) is 0 Å². The van der Waals surface area contributed by atoms with Crippen molar-refractivity contribution in [2.24, 2.45) is 0 Å². The summed E-state index contributed by atoms with van der Waals surface area (Å²) in [4.78, 5) is 1.41. The van der Waals surface area contributed by atoms with Gasteiger partial charge in [-0.15, -0.1) is 11.3 Å². The van der Waals surface area contributed by atoms with E-state index in [1.54, 1.807) is 0 Å². The first-order chi connectivity index (χ1) is 9.73. The van der Waals surface area contributed by atoms with Crippen molar-refractivity contribution in [1.82, 2.24) is 5.32 Å². The van der Waals surface area contributed by atoms with Gasteiger partial charge in [-0.05, 0) is 65.6 Å². The number of thiophene rings is 1. The van der Waals surface area contributed by atoms with Gasteiger partial charge in [0.25, 0.3) is 0 Å². The molecule has 1 nitrogen and oxygen atoms in total. The zero-order chi connectivity index (χ0) is 14.5. The number of benzene rings is 1. The van der Waals surface area contributed by atoms with Crippen LogP contribution in [0.2, 0.25) is 0 Å². The quantitative estimate of drug-likeness (QED) is 0.803. The minimum absolute atomic E-state index is 0.959. The summed E-state index contributed by atoms with van der Waals surface area (Å²) in [6.07, 6.45) is 3.33. The second kappa shape index (κ2) is 7.05. The highest BCUT2D eigenvalue weighted by Gasteiger charge is 2.12. The molecule has 0 radical (unpaired) electrons. The second-order valence-electron chi connectivity index (χ2n) is 5.18. The van der Waals surface area contributed by atoms with Gasteiger partial charge in [-0.2, -0.15) is 0 Å². The van der Waals surface area contributed by atoms with Gasteiger partial charge in [0.15, 0.2) is 0 Å². The average Bonchev–Trinajstić information content (AvgIpc) is 2.94. The zero-order valence-corrected chi connectivity index (χ0v) is 13.9. The van der Waals surface area contributed by atoms with Gasteiger partial charge in [0, 0.05) is 11.4 Å². The zero-order valence-electron chi connectivity index (χ0n) is 13.0. The van der Waals surface area contributed by atoms with E-state index in [4.69, 9.17) is 0 Å². The van der Waals surface area contributed by atoms with Crippen LogP contribution < -0.4 is 5.32 Å². The molecule has 0 atom stereocenters. The maximum Gasteiger partial charge on any atom is 0.0296 e. The summed E-state index contributed by atoms with van der Waals surface area (Å²) in [5.41, 5.74) is 7.33. The Morgan fingerprint density at radius 1 is 0.950 bits per heavy atom. The first-order valence-corrected chi connectivity index (χ1v) is 8.48. The van der Waals surface area contributed by atoms with Crippen molar-refractivity contribution in [2.75, 3.05) is 7.05 Å². The van der Waals surface area contributed by atoms with Crippen molar-refractivity contribution < 1.29 is 0 Å². The molecule has 2 rings (SSSR count). The Labute approximate surface area is 127 Å². The molecule has 0 aliphatic carbocycles. The number of hydrogen-bond donors (Lipinski definition) is 1. The third-order valence-electron chi connectivity index (χ3n) is 3.82. The summed E-state index contributed by atoms with van der Waals surface area (Å²) < 4.78 is 0. The predicted molar refractivity (Wildman–Crippen MR) is 90.7 cm³/mol. The van der Waals surface area contributed by atoms with Gasteiger partial charge >= 0.3 is 0 Å². The van der Waals surface area contributed by atoms with E-state index >= 15 is 0 Å². The van der Waals surface area contributed by atoms with Crippen LogP contribution in [0.15, 0.2) is 23.6 Å². The second-order valence-corrected chi connectivity index (χ2v) is 6.18. The van der Waals surface area contributed by atoms with E-state index in [0.717, 1.165) is 25.8 Å². The van der Waals surface area contributed by atoms with Crippen molar-refractivity contribution in [3.8, 4) is 11.1 Å². The lowest BCUT2D eigenvalue weighted by molar-refractivity contribution is 0.831. The van der Waals surface area contributed by atoms with E-state index in [1.807, 2.05) is 18.4 Å². The van der Waals surface area contributed by atoms with E-state index in [9.17, 15) is 0 Å². The Morgan fingerprint density at radius 2 is 1.60 bits per heavy atom. The van der Waals surface area contributed by atoms with Gasteiger partial charge in [-0.3, -0.25) is 0 Å². The summed E-state index contributed by atoms with van der Waals surface area (Å²) >= 11 is 1.85. The fraction of sp³-hybridized carbons (Fsp3) is 0.444. The van der Waals surface area contributed by atoms with Crippen molar-refractivity contribution in [2.45, 2.75) is 46.6 Å². The Kier molecular flexibility index (Phi) is 5.38. The predicted octanol–water partition coefficient (Wildman–Crippen LogP) is 4.82. The average molecular weight is 287 g/mol. The molecule has 1 aromatic carbocycles. The molecule has 0 aliphatic rings. The number of rotatable bonds is 6. The van der Waals surface area contributed by atoms with Gasteiger partial charge in [0.2, 0.25) is 0 Å². The Morgan fingerprint density at radius 3 is 2.10 bits per heavy atom. The van der Waals surface area contributed by atoms with Crippen LogP contribution in [-0.4, -0.2) is 7.05 Å². The first-order valence-electron chi connectivity index (χ1n) is 7.60. The maximum absolute atomic E-state index is 3.23. The molecular formula is C18H25NS. The lowest BCUT2D eigenvalue weighted by atomic mass is 9.90. The van der Waals surface area contributed by atoms with Crippen LogP contribution in [0.4, 0.5) is 0 Å². The molecule has 0 unspecified atom stereocenters. The van der Waals surface area contributed by atoms with Crippen LogP contribution in [0.3, 0.4) is 0 Å². The molecule has 1 N–H and O–H groups in total. The van der Waals surface area contributed by atoms with E-state index in [1.165, 1.54) is 32.7 Å². The molecule has 20 heavy (non-hydrogen) atoms. The summed E-state index contributed by atoms with van der Waals surface area (Å²) in [5, 5.41) is 5.55. The molecule has 0 saturated heterocycles. The van der Waals surface area contributed by atoms with Crippen LogP contribution in [-0.2, 0) is 25.8 Å². The Bertz CT molecular complexity index is 544. The number of nitrogens with one attached hydrogen (secondary N) is 1. The Hall–Kier alpha value is -1.12. The van der Waals surface area contributed by atoms with E-state index in [2.05, 4.69) is 49.7 Å². The van der Waals surface area contributed by atoms with Crippen molar-refractivity contribution >= 4 is 11.3 Å². The molecule has 0 aliphatic heterocycles. The standard InChI is InChI=1S/C18H25NS/c1-5-13-8-14(6-2)18(15(7-3)9-13)16-10-17(11-19-4)20-12-16/h8-10,12,19H,5-7,11H2,1-4H3. The molecule has 2 heteroatoms. The smallest absolute Gasteiger partial charge is 0.0296 e. The first kappa shape index (κ1) is 15.3. The lowest BCUT2D eigenvalue weighted by Crippen LogP contribution is -2.02. The van der Waals surface area contributed by atoms with Gasteiger partial charge in [0.1, 0.15) is 0 Å². The molecular weight excluding hydrogens is 262 g/mol. The monoisotopic (exact) mass is 287 g/mol. The van der Waals surface area contributed by atoms with Crippen LogP contribution >= 0.6 is 11.3 Å². The lowest BCUT2D eigenvalue weighted by Gasteiger charge is -2.14. The van der Waals surface area contributed by atoms with Crippen LogP contribution in [0.5, 0.6) is 0 Å². The van der Waals surface area contributed by atoms with E-state index in [0.29, 0.717) is 0 Å². The highest BCUT2D eigenvalue weighted by molar-refractivity contribution is 7.10. The highest BCUT2D eigenvalue weighted by atomic mass is 32.1. The van der Waals surface area contributed by atoms with Crippen molar-refractivity contribution in [1.29, 1.82) is 0 Å². The van der Waals surface area contributed by atoms with Gasteiger partial charge in [0.05, 0.1) is 0 Å². The topological polar surface area (TPSA) is 12.0 Å². The molecule has 0 spiro atoms. The van der Waals surface area contributed by atoms with E-state index in [-0.39, 0.29) is 0 Å². The summed E-state index contributed by atoms with van der Waals surface area (Å²) in [6, 6.07) is 7.13. The molecule has 0 saturated carbocycles. The minimum atomic E-state index is 0.959. The van der Waals surface area contributed by atoms with E-state index < -0.39 is 0 Å². The SMILES string of the molecule is CCc1cc(CC)c(-c2csc(CNC)c2)c(CC)c1. The number of hydrogen-bond acceptors (Lipinski definition) is 2. The summed E-state index contributed by atoms with van der Waals surface area (Å²) in [5.74, 6) is 0. The summed E-state index contributed by atoms with van der Waals surface area (Å²) in [7, 11) is 2.00. The van der Waals surface area contributed by atoms with Crippen molar-refractivity contribution in [3.63, 3.8) is 0 Å².